The Kier molecular flexibility index (Phi) is 4.63. The molecule has 0 aliphatic carbocycles. The highest BCUT2D eigenvalue weighted by atomic mass is 35.5. The van der Waals surface area contributed by atoms with Crippen LogP contribution >= 0.6 is 23.2 Å². The van der Waals surface area contributed by atoms with E-state index in [0.717, 1.165) is 0 Å². The maximum atomic E-state index is 13.1. The van der Waals surface area contributed by atoms with Crippen LogP contribution in [0, 0.1) is 5.82 Å². The lowest BCUT2D eigenvalue weighted by Crippen LogP contribution is -2.15. The van der Waals surface area contributed by atoms with E-state index in [0.29, 0.717) is 16.1 Å². The van der Waals surface area contributed by atoms with E-state index in [1.165, 1.54) is 18.2 Å². The first-order valence-electron chi connectivity index (χ1n) is 5.90. The summed E-state index contributed by atoms with van der Waals surface area (Å²) in [5, 5.41) is 9.74. The van der Waals surface area contributed by atoms with Gasteiger partial charge in [-0.05, 0) is 35.7 Å². The van der Waals surface area contributed by atoms with Crippen LogP contribution in [0.25, 0.3) is 0 Å². The molecule has 1 atom stereocenters. The molecule has 0 saturated heterocycles. The predicted octanol–water partition coefficient (Wildman–Crippen LogP) is 4.54. The molecule has 0 bridgehead atoms. The Bertz CT molecular complexity index is 644. The van der Waals surface area contributed by atoms with Gasteiger partial charge < -0.3 is 5.11 Å². The van der Waals surface area contributed by atoms with Crippen LogP contribution in [-0.4, -0.2) is 11.1 Å². The fourth-order valence-electron chi connectivity index (χ4n) is 1.99. The van der Waals surface area contributed by atoms with Gasteiger partial charge in [0.2, 0.25) is 0 Å². The van der Waals surface area contributed by atoms with Gasteiger partial charge in [-0.2, -0.15) is 0 Å². The second kappa shape index (κ2) is 6.25. The van der Waals surface area contributed by atoms with Crippen molar-refractivity contribution in [2.45, 2.75) is 12.3 Å². The molecular weight excluding hydrogens is 302 g/mol. The van der Waals surface area contributed by atoms with Gasteiger partial charge in [-0.15, -0.1) is 0 Å². The average Bonchev–Trinajstić information content (AvgIpc) is 2.41. The van der Waals surface area contributed by atoms with Gasteiger partial charge in [0.15, 0.2) is 0 Å². The molecule has 0 spiro atoms. The Balaban J connectivity index is 2.33. The minimum Gasteiger partial charge on any atom is -0.481 e. The summed E-state index contributed by atoms with van der Waals surface area (Å²) < 4.78 is 13.1. The predicted molar refractivity (Wildman–Crippen MR) is 76.9 cm³/mol. The van der Waals surface area contributed by atoms with Crippen molar-refractivity contribution >= 4 is 29.2 Å². The van der Waals surface area contributed by atoms with Gasteiger partial charge in [-0.1, -0.05) is 47.5 Å². The first-order valence-corrected chi connectivity index (χ1v) is 6.66. The Morgan fingerprint density at radius 2 is 1.85 bits per heavy atom. The van der Waals surface area contributed by atoms with Gasteiger partial charge in [-0.25, -0.2) is 4.39 Å². The van der Waals surface area contributed by atoms with Crippen molar-refractivity contribution in [3.05, 3.63) is 69.5 Å². The van der Waals surface area contributed by atoms with Crippen LogP contribution in [0.3, 0.4) is 0 Å². The molecule has 0 heterocycles. The molecule has 5 heteroatoms. The first kappa shape index (κ1) is 14.8. The summed E-state index contributed by atoms with van der Waals surface area (Å²) in [5.74, 6) is -2.32. The monoisotopic (exact) mass is 312 g/mol. The molecule has 2 nitrogen and oxygen atoms in total. The van der Waals surface area contributed by atoms with E-state index >= 15 is 0 Å². The number of hydrogen-bond acceptors (Lipinski definition) is 1. The molecule has 2 rings (SSSR count). The number of carboxylic acid groups (broad SMARTS) is 1. The summed E-state index contributed by atoms with van der Waals surface area (Å²) in [6, 6.07) is 11.0. The fraction of sp³-hybridized carbons (Fsp3) is 0.133. The Labute approximate surface area is 125 Å². The largest absolute Gasteiger partial charge is 0.481 e. The van der Waals surface area contributed by atoms with Crippen LogP contribution in [0.2, 0.25) is 10.0 Å². The summed E-state index contributed by atoms with van der Waals surface area (Å²) in [4.78, 5) is 11.4. The highest BCUT2D eigenvalue weighted by Crippen LogP contribution is 2.29. The van der Waals surface area contributed by atoms with E-state index in [2.05, 4.69) is 0 Å². The van der Waals surface area contributed by atoms with Crippen molar-refractivity contribution < 1.29 is 14.3 Å². The molecule has 0 amide bonds. The van der Waals surface area contributed by atoms with Crippen LogP contribution in [0.5, 0.6) is 0 Å². The molecule has 20 heavy (non-hydrogen) atoms. The maximum Gasteiger partial charge on any atom is 0.311 e. The van der Waals surface area contributed by atoms with Crippen molar-refractivity contribution in [1.29, 1.82) is 0 Å². The molecule has 104 valence electrons. The third-order valence-electron chi connectivity index (χ3n) is 3.00. The van der Waals surface area contributed by atoms with Crippen LogP contribution in [0.1, 0.15) is 17.0 Å². The third kappa shape index (κ3) is 3.30. The van der Waals surface area contributed by atoms with E-state index in [4.69, 9.17) is 23.2 Å². The van der Waals surface area contributed by atoms with Crippen LogP contribution in [-0.2, 0) is 11.2 Å². The lowest BCUT2D eigenvalue weighted by molar-refractivity contribution is -0.138. The highest BCUT2D eigenvalue weighted by Gasteiger charge is 2.22. The summed E-state index contributed by atoms with van der Waals surface area (Å²) in [6.07, 6.45) is 0.194. The van der Waals surface area contributed by atoms with Crippen molar-refractivity contribution in [1.82, 2.24) is 0 Å². The topological polar surface area (TPSA) is 37.3 Å². The van der Waals surface area contributed by atoms with Crippen LogP contribution in [0.4, 0.5) is 4.39 Å². The van der Waals surface area contributed by atoms with Crippen molar-refractivity contribution in [2.24, 2.45) is 0 Å². The summed E-state index contributed by atoms with van der Waals surface area (Å²) in [7, 11) is 0. The lowest BCUT2D eigenvalue weighted by atomic mass is 9.92. The van der Waals surface area contributed by atoms with E-state index in [1.54, 1.807) is 24.3 Å². The molecule has 1 unspecified atom stereocenters. The number of hydrogen-bond donors (Lipinski definition) is 1. The van der Waals surface area contributed by atoms with Gasteiger partial charge in [0.05, 0.1) is 10.9 Å². The van der Waals surface area contributed by atoms with Gasteiger partial charge in [0.25, 0.3) is 0 Å². The SMILES string of the molecule is O=C(O)C(Cc1ccc(F)c(Cl)c1)c1ccccc1Cl. The normalized spacial score (nSPS) is 12.2. The number of halogens is 3. The van der Waals surface area contributed by atoms with E-state index in [-0.39, 0.29) is 11.4 Å². The minimum atomic E-state index is -0.987. The molecule has 0 saturated carbocycles. The van der Waals surface area contributed by atoms with Crippen LogP contribution < -0.4 is 0 Å². The zero-order chi connectivity index (χ0) is 14.7. The molecule has 2 aromatic carbocycles. The van der Waals surface area contributed by atoms with Crippen molar-refractivity contribution in [3.8, 4) is 0 Å². The smallest absolute Gasteiger partial charge is 0.311 e. The maximum absolute atomic E-state index is 13.1. The molecule has 1 N–H and O–H groups in total. The number of carboxylic acids is 1. The number of benzene rings is 2. The zero-order valence-corrected chi connectivity index (χ0v) is 11.8. The molecule has 0 fully saturated rings. The first-order chi connectivity index (χ1) is 9.49. The van der Waals surface area contributed by atoms with Gasteiger partial charge in [0, 0.05) is 5.02 Å². The second-order valence-corrected chi connectivity index (χ2v) is 5.18. The van der Waals surface area contributed by atoms with E-state index in [9.17, 15) is 14.3 Å². The lowest BCUT2D eigenvalue weighted by Gasteiger charge is -2.14. The third-order valence-corrected chi connectivity index (χ3v) is 3.64. The fourth-order valence-corrected chi connectivity index (χ4v) is 2.46. The molecule has 0 radical (unpaired) electrons. The summed E-state index contributed by atoms with van der Waals surface area (Å²) in [6.45, 7) is 0. The van der Waals surface area contributed by atoms with E-state index in [1.807, 2.05) is 0 Å². The zero-order valence-electron chi connectivity index (χ0n) is 10.3. The Hall–Kier alpha value is -1.58. The quantitative estimate of drug-likeness (QED) is 0.899. The second-order valence-electron chi connectivity index (χ2n) is 4.36. The summed E-state index contributed by atoms with van der Waals surface area (Å²) in [5.41, 5.74) is 1.17. The van der Waals surface area contributed by atoms with Crippen LogP contribution in [0.15, 0.2) is 42.5 Å². The molecule has 0 aliphatic rings. The molecule has 2 aromatic rings. The Morgan fingerprint density at radius 1 is 1.15 bits per heavy atom. The van der Waals surface area contributed by atoms with Gasteiger partial charge in [0.1, 0.15) is 5.82 Å². The standard InChI is InChI=1S/C15H11Cl2FO2/c16-12-4-2-1-3-10(12)11(15(19)20)7-9-5-6-14(18)13(17)8-9/h1-6,8,11H,7H2,(H,19,20). The van der Waals surface area contributed by atoms with Crippen molar-refractivity contribution in [3.63, 3.8) is 0 Å². The number of rotatable bonds is 4. The van der Waals surface area contributed by atoms with Gasteiger partial charge >= 0.3 is 5.97 Å². The summed E-state index contributed by atoms with van der Waals surface area (Å²) >= 11 is 11.7. The van der Waals surface area contributed by atoms with E-state index < -0.39 is 17.7 Å². The highest BCUT2D eigenvalue weighted by molar-refractivity contribution is 6.31. The Morgan fingerprint density at radius 3 is 2.45 bits per heavy atom. The minimum absolute atomic E-state index is 0.0224. The molecule has 0 aliphatic heterocycles. The molecule has 0 aromatic heterocycles. The number of carbonyl (C=O) groups is 1. The molecular formula is C15H11Cl2FO2. The van der Waals surface area contributed by atoms with Gasteiger partial charge in [-0.3, -0.25) is 4.79 Å². The van der Waals surface area contributed by atoms with Crippen molar-refractivity contribution in [2.75, 3.05) is 0 Å². The number of aliphatic carboxylic acids is 1. The average molecular weight is 313 g/mol.